The first-order valence-electron chi connectivity index (χ1n) is 7.97. The maximum absolute atomic E-state index is 10.3. The number of aliphatic carboxylic acids is 3. The molecule has 0 radical (unpaired) electrons. The van der Waals surface area contributed by atoms with E-state index >= 15 is 0 Å². The molecule has 0 rings (SSSR count). The molecule has 154 valence electrons. The van der Waals surface area contributed by atoms with Crippen molar-refractivity contribution in [3.05, 3.63) is 0 Å². The Morgan fingerprint density at radius 3 is 1.15 bits per heavy atom. The Hall–Kier alpha value is -1.57. The summed E-state index contributed by atoms with van der Waals surface area (Å²) >= 11 is 0. The van der Waals surface area contributed by atoms with Gasteiger partial charge in [0.15, 0.2) is 5.60 Å². The van der Waals surface area contributed by atoms with E-state index in [1.54, 1.807) is 0 Å². The molecular weight excluding hydrogens is 372 g/mol. The predicted octanol–water partition coefficient (Wildman–Crippen LogP) is 0.320. The Morgan fingerprint density at radius 2 is 1.00 bits per heavy atom. The monoisotopic (exact) mass is 400 g/mol. The van der Waals surface area contributed by atoms with E-state index in [-0.39, 0.29) is 0 Å². The van der Waals surface area contributed by atoms with E-state index in [0.717, 1.165) is 0 Å². The fourth-order valence-corrected chi connectivity index (χ4v) is 3.59. The van der Waals surface area contributed by atoms with Crippen molar-refractivity contribution in [2.45, 2.75) is 46.1 Å². The summed E-state index contributed by atoms with van der Waals surface area (Å²) in [5.74, 6) is -5.02. The van der Waals surface area contributed by atoms with Gasteiger partial charge in [0.2, 0.25) is 0 Å². The van der Waals surface area contributed by atoms with Crippen molar-refractivity contribution in [2.75, 3.05) is 26.4 Å². The van der Waals surface area contributed by atoms with Crippen LogP contribution in [-0.2, 0) is 32.1 Å². The van der Waals surface area contributed by atoms with Crippen molar-refractivity contribution < 1.29 is 52.5 Å². The number of hydrogen-bond donors (Lipinski definition) is 4. The van der Waals surface area contributed by atoms with E-state index in [2.05, 4.69) is 0 Å². The zero-order valence-electron chi connectivity index (χ0n) is 15.4. The first-order valence-corrected chi connectivity index (χ1v) is 9.60. The van der Waals surface area contributed by atoms with Crippen LogP contribution in [0.5, 0.6) is 0 Å². The van der Waals surface area contributed by atoms with Gasteiger partial charge in [-0.3, -0.25) is 9.59 Å². The normalized spacial score (nSPS) is 11.4. The molecule has 0 aromatic heterocycles. The third kappa shape index (κ3) is 11.1. The molecule has 0 amide bonds. The quantitative estimate of drug-likeness (QED) is 0.314. The molecule has 0 aliphatic carbocycles. The van der Waals surface area contributed by atoms with Gasteiger partial charge in [0, 0.05) is 26.4 Å². The molecule has 0 fully saturated rings. The van der Waals surface area contributed by atoms with Crippen molar-refractivity contribution in [1.29, 1.82) is 0 Å². The minimum absolute atomic E-state index is 0.548. The van der Waals surface area contributed by atoms with Crippen LogP contribution in [0, 0.1) is 0 Å². The summed E-state index contributed by atoms with van der Waals surface area (Å²) in [7, 11) is -2.80. The third-order valence-electron chi connectivity index (χ3n) is 2.57. The maximum atomic E-state index is 10.3. The van der Waals surface area contributed by atoms with Gasteiger partial charge >= 0.3 is 27.0 Å². The van der Waals surface area contributed by atoms with Gasteiger partial charge in [0.05, 0.1) is 12.8 Å². The summed E-state index contributed by atoms with van der Waals surface area (Å²) in [4.78, 5) is 30.5. The molecule has 0 aliphatic heterocycles. The molecule has 0 atom stereocenters. The lowest BCUT2D eigenvalue weighted by molar-refractivity contribution is -0.170. The van der Waals surface area contributed by atoms with Crippen LogP contribution in [0.1, 0.15) is 40.5 Å². The molecular formula is C14H28O11Si. The molecule has 12 heteroatoms. The van der Waals surface area contributed by atoms with Gasteiger partial charge in [-0.2, -0.15) is 0 Å². The summed E-state index contributed by atoms with van der Waals surface area (Å²) in [6, 6.07) is 0. The second-order valence-electron chi connectivity index (χ2n) is 4.71. The second-order valence-corrected chi connectivity index (χ2v) is 6.86. The molecule has 0 saturated heterocycles. The van der Waals surface area contributed by atoms with Gasteiger partial charge in [-0.15, -0.1) is 0 Å². The summed E-state index contributed by atoms with van der Waals surface area (Å²) in [5, 5.41) is 33.8. The number of carbonyl (C=O) groups is 3. The molecule has 0 aromatic carbocycles. The van der Waals surface area contributed by atoms with E-state index in [0.29, 0.717) is 26.4 Å². The Labute approximate surface area is 152 Å². The van der Waals surface area contributed by atoms with Crippen LogP contribution in [0.3, 0.4) is 0 Å². The largest absolute Gasteiger partial charge is 0.679 e. The second kappa shape index (κ2) is 13.6. The minimum Gasteiger partial charge on any atom is -0.481 e. The van der Waals surface area contributed by atoms with Crippen molar-refractivity contribution in [1.82, 2.24) is 0 Å². The highest BCUT2D eigenvalue weighted by Gasteiger charge is 2.44. The van der Waals surface area contributed by atoms with Gasteiger partial charge in [-0.1, -0.05) is 0 Å². The predicted molar refractivity (Wildman–Crippen MR) is 89.3 cm³/mol. The number of hydrogen-bond acceptors (Lipinski definition) is 8. The molecule has 4 N–H and O–H groups in total. The smallest absolute Gasteiger partial charge is 0.481 e. The van der Waals surface area contributed by atoms with E-state index in [9.17, 15) is 14.4 Å². The van der Waals surface area contributed by atoms with Gasteiger partial charge in [0.25, 0.3) is 0 Å². The number of aliphatic hydroxyl groups is 1. The van der Waals surface area contributed by atoms with Gasteiger partial charge < -0.3 is 38.1 Å². The summed E-state index contributed by atoms with van der Waals surface area (Å²) < 4.78 is 21.7. The highest BCUT2D eigenvalue weighted by molar-refractivity contribution is 6.53. The lowest BCUT2D eigenvalue weighted by Crippen LogP contribution is -2.49. The van der Waals surface area contributed by atoms with Crippen LogP contribution in [-0.4, -0.2) is 79.4 Å². The topological polar surface area (TPSA) is 169 Å². The Kier molecular flexibility index (Phi) is 13.9. The molecule has 26 heavy (non-hydrogen) atoms. The average molecular weight is 400 g/mol. The van der Waals surface area contributed by atoms with Crippen LogP contribution in [0.25, 0.3) is 0 Å². The first-order chi connectivity index (χ1) is 12.0. The molecule has 0 aromatic rings. The van der Waals surface area contributed by atoms with Crippen LogP contribution < -0.4 is 0 Å². The lowest BCUT2D eigenvalue weighted by atomic mass is 9.96. The Morgan fingerprint density at radius 1 is 0.731 bits per heavy atom. The molecule has 0 bridgehead atoms. The van der Waals surface area contributed by atoms with Gasteiger partial charge in [0.1, 0.15) is 0 Å². The molecule has 11 nitrogen and oxygen atoms in total. The van der Waals surface area contributed by atoms with E-state index in [1.165, 1.54) is 0 Å². The third-order valence-corrected chi connectivity index (χ3v) is 5.14. The highest BCUT2D eigenvalue weighted by Crippen LogP contribution is 2.15. The van der Waals surface area contributed by atoms with Crippen LogP contribution in [0.4, 0.5) is 0 Å². The summed E-state index contributed by atoms with van der Waals surface area (Å²) in [6.45, 7) is 9.80. The number of carboxylic acids is 3. The van der Waals surface area contributed by atoms with Crippen LogP contribution in [0.15, 0.2) is 0 Å². The van der Waals surface area contributed by atoms with Crippen molar-refractivity contribution >= 4 is 27.0 Å². The fraction of sp³-hybridized carbons (Fsp3) is 0.786. The van der Waals surface area contributed by atoms with Gasteiger partial charge in [-0.25, -0.2) is 4.79 Å². The lowest BCUT2D eigenvalue weighted by Gasteiger charge is -2.26. The molecule has 0 saturated carbocycles. The Balaban J connectivity index is 0. The van der Waals surface area contributed by atoms with E-state index in [1.807, 2.05) is 27.7 Å². The molecule has 0 heterocycles. The van der Waals surface area contributed by atoms with E-state index in [4.69, 9.17) is 38.1 Å². The van der Waals surface area contributed by atoms with E-state index < -0.39 is 45.4 Å². The minimum atomic E-state index is -2.80. The average Bonchev–Trinajstić information content (AvgIpc) is 2.47. The van der Waals surface area contributed by atoms with Crippen molar-refractivity contribution in [3.8, 4) is 0 Å². The number of carboxylic acid groups (broad SMARTS) is 3. The zero-order valence-corrected chi connectivity index (χ0v) is 16.4. The SMILES string of the molecule is CCO[Si](OCC)(OCC)OCC.O=C(O)CC(O)(CC(=O)O)C(=O)O. The zero-order chi connectivity index (χ0) is 20.8. The van der Waals surface area contributed by atoms with Crippen molar-refractivity contribution in [2.24, 2.45) is 0 Å². The fourth-order valence-electron chi connectivity index (χ4n) is 1.67. The molecule has 0 spiro atoms. The standard InChI is InChI=1S/C8H20O4Si.C6H8O7/c1-5-9-13(10-6-2,11-7-3)12-8-4;7-3(8)1-6(13,5(11)12)2-4(9)10/h5-8H2,1-4H3;13H,1-2H2,(H,7,8)(H,9,10)(H,11,12). The van der Waals surface area contributed by atoms with Gasteiger partial charge in [-0.05, 0) is 27.7 Å². The molecule has 0 unspecified atom stereocenters. The first kappa shape index (κ1) is 26.7. The summed E-state index contributed by atoms with van der Waals surface area (Å²) in [5.41, 5.74) is -2.74. The highest BCUT2D eigenvalue weighted by atomic mass is 28.4. The molecule has 0 aliphatic rings. The van der Waals surface area contributed by atoms with Crippen LogP contribution >= 0.6 is 0 Å². The maximum Gasteiger partial charge on any atom is 0.679 e. The number of rotatable bonds is 13. The van der Waals surface area contributed by atoms with Crippen molar-refractivity contribution in [3.63, 3.8) is 0 Å². The van der Waals surface area contributed by atoms with Crippen LogP contribution in [0.2, 0.25) is 0 Å². The summed E-state index contributed by atoms with van der Waals surface area (Å²) in [6.07, 6.45) is -2.29. The Bertz CT molecular complexity index is 395.